The van der Waals surface area contributed by atoms with Gasteiger partial charge in [-0.15, -0.1) is 0 Å². The molecule has 0 radical (unpaired) electrons. The Kier molecular flexibility index (Phi) is 9.34. The number of carbonyl (C=O) groups is 2. The summed E-state index contributed by atoms with van der Waals surface area (Å²) in [4.78, 5) is 25.5. The maximum Gasteiger partial charge on any atom is 0.176 e. The van der Waals surface area contributed by atoms with Gasteiger partial charge < -0.3 is 4.79 Å². The van der Waals surface area contributed by atoms with Crippen molar-refractivity contribution in [1.82, 2.24) is 0 Å². The average Bonchev–Trinajstić information content (AvgIpc) is 2.81. The highest BCUT2D eigenvalue weighted by Gasteiger charge is 2.60. The molecule has 1 saturated carbocycles. The van der Waals surface area contributed by atoms with E-state index in [9.17, 15) is 20.1 Å². The number of rotatable bonds is 11. The predicted molar refractivity (Wildman–Crippen MR) is 150 cm³/mol. The van der Waals surface area contributed by atoms with Crippen LogP contribution in [0.15, 0.2) is 11.6 Å². The minimum Gasteiger partial charge on any atom is -0.300 e. The largest absolute Gasteiger partial charge is 0.300 e. The van der Waals surface area contributed by atoms with E-state index in [4.69, 9.17) is 0 Å². The molecule has 2 rings (SSSR count). The summed E-state index contributed by atoms with van der Waals surface area (Å²) < 4.78 is 0. The number of carbonyl (C=O) groups excluding carboxylic acids is 2. The Balaban J connectivity index is 2.41. The van der Waals surface area contributed by atoms with Crippen molar-refractivity contribution in [2.45, 2.75) is 127 Å². The maximum absolute atomic E-state index is 12.9. The first-order valence-corrected chi connectivity index (χ1v) is 14.5. The monoisotopic (exact) mass is 508 g/mol. The van der Waals surface area contributed by atoms with Gasteiger partial charge in [-0.3, -0.25) is 4.79 Å². The van der Waals surface area contributed by atoms with E-state index in [-0.39, 0.29) is 56.6 Å². The van der Waals surface area contributed by atoms with E-state index in [1.54, 1.807) is 6.92 Å². The molecule has 4 nitrogen and oxygen atoms in total. The number of ketones is 2. The number of allylic oxidation sites excluding steroid dienone is 2. The molecule has 0 unspecified atom stereocenters. The van der Waals surface area contributed by atoms with Crippen LogP contribution >= 0.6 is 0 Å². The number of hydrogen-bond acceptors (Lipinski definition) is 4. The molecule has 1 fully saturated rings. The summed E-state index contributed by atoms with van der Waals surface area (Å²) in [6, 6.07) is 4.82. The zero-order valence-corrected chi connectivity index (χ0v) is 25.4. The summed E-state index contributed by atoms with van der Waals surface area (Å²) in [5.41, 5.74) is -0.559. The first-order chi connectivity index (χ1) is 16.9. The zero-order chi connectivity index (χ0) is 28.4. The Morgan fingerprint density at radius 1 is 1.05 bits per heavy atom. The van der Waals surface area contributed by atoms with Crippen molar-refractivity contribution in [3.63, 3.8) is 0 Å². The average molecular weight is 509 g/mol. The second-order valence-corrected chi connectivity index (χ2v) is 14.7. The van der Waals surface area contributed by atoms with Gasteiger partial charge in [-0.1, -0.05) is 67.9 Å². The normalized spacial score (nSPS) is 31.9. The Bertz CT molecular complexity index is 993. The second kappa shape index (κ2) is 11.0. The van der Waals surface area contributed by atoms with Crippen molar-refractivity contribution in [3.05, 3.63) is 11.6 Å². The summed E-state index contributed by atoms with van der Waals surface area (Å²) in [5, 5.41) is 19.9. The molecule has 6 atom stereocenters. The SMILES string of the molecule is CCCC(C)(C)CC[C@](C)(C#N)CCC(C)(C)[C@]1(C)CC[C@H]2[C@H](C)C(=O)C(C#N)=C[C@]2(C)[C@H]1CC(C)=O. The number of nitriles is 2. The Morgan fingerprint density at radius 2 is 1.65 bits per heavy atom. The molecule has 0 aromatic heterocycles. The molecular weight excluding hydrogens is 456 g/mol. The van der Waals surface area contributed by atoms with Crippen molar-refractivity contribution in [2.75, 3.05) is 0 Å². The van der Waals surface area contributed by atoms with E-state index in [0.29, 0.717) is 6.42 Å². The Morgan fingerprint density at radius 3 is 2.16 bits per heavy atom. The standard InChI is InChI=1S/C33H52N2O2/c1-11-13-29(4,5)15-17-31(8,22-35)18-16-30(6,7)33(10)14-12-26-24(3)28(37)25(21-34)20-32(26,9)27(33)19-23(2)36/h20,24,26-27H,11-19H2,1-10H3/t24-,26-,27+,31-,32-,33+/m0/s1. The van der Waals surface area contributed by atoms with E-state index in [2.05, 4.69) is 67.5 Å². The van der Waals surface area contributed by atoms with Gasteiger partial charge in [-0.05, 0) is 92.3 Å². The van der Waals surface area contributed by atoms with Crippen LogP contribution in [0.5, 0.6) is 0 Å². The molecule has 0 bridgehead atoms. The van der Waals surface area contributed by atoms with Gasteiger partial charge in [-0.25, -0.2) is 0 Å². The van der Waals surface area contributed by atoms with Crippen molar-refractivity contribution in [3.8, 4) is 12.1 Å². The molecule has 0 saturated heterocycles. The zero-order valence-electron chi connectivity index (χ0n) is 25.4. The molecule has 0 N–H and O–H groups in total. The van der Waals surface area contributed by atoms with Crippen molar-refractivity contribution in [1.29, 1.82) is 10.5 Å². The van der Waals surface area contributed by atoms with Crippen molar-refractivity contribution >= 4 is 11.6 Å². The second-order valence-electron chi connectivity index (χ2n) is 14.7. The van der Waals surface area contributed by atoms with Crippen LogP contribution in [0.4, 0.5) is 0 Å². The third-order valence-electron chi connectivity index (χ3n) is 11.0. The summed E-state index contributed by atoms with van der Waals surface area (Å²) in [5.74, 6) is 0.0631. The first kappa shape index (κ1) is 31.3. The van der Waals surface area contributed by atoms with Gasteiger partial charge >= 0.3 is 0 Å². The predicted octanol–water partition coefficient (Wildman–Crippen LogP) is 8.62. The van der Waals surface area contributed by atoms with Gasteiger partial charge in [0.1, 0.15) is 11.9 Å². The third kappa shape index (κ3) is 6.21. The fourth-order valence-electron chi connectivity index (χ4n) is 7.85. The highest BCUT2D eigenvalue weighted by Crippen LogP contribution is 2.66. The number of nitrogens with zero attached hydrogens (tertiary/aromatic N) is 2. The molecule has 37 heavy (non-hydrogen) atoms. The minimum absolute atomic E-state index is 0.0296. The lowest BCUT2D eigenvalue weighted by molar-refractivity contribution is -0.144. The fourth-order valence-corrected chi connectivity index (χ4v) is 7.85. The Labute approximate surface area is 227 Å². The fraction of sp³-hybridized carbons (Fsp3) is 0.818. The summed E-state index contributed by atoms with van der Waals surface area (Å²) in [6.45, 7) is 21.7. The van der Waals surface area contributed by atoms with Gasteiger partial charge in [0.25, 0.3) is 0 Å². The van der Waals surface area contributed by atoms with Crippen LogP contribution < -0.4 is 0 Å². The lowest BCUT2D eigenvalue weighted by Gasteiger charge is -2.62. The molecule has 2 aliphatic rings. The van der Waals surface area contributed by atoms with E-state index in [1.807, 2.05) is 13.0 Å². The molecule has 206 valence electrons. The lowest BCUT2D eigenvalue weighted by atomic mass is 9.41. The van der Waals surface area contributed by atoms with E-state index in [0.717, 1.165) is 44.9 Å². The smallest absolute Gasteiger partial charge is 0.176 e. The molecule has 0 aliphatic heterocycles. The molecule has 0 aromatic carbocycles. The number of Topliss-reactive ketones (excluding diaryl/α,β-unsaturated/α-hetero) is 2. The summed E-state index contributed by atoms with van der Waals surface area (Å²) in [7, 11) is 0. The lowest BCUT2D eigenvalue weighted by Crippen LogP contribution is -2.57. The van der Waals surface area contributed by atoms with E-state index >= 15 is 0 Å². The van der Waals surface area contributed by atoms with Crippen LogP contribution in [-0.2, 0) is 9.59 Å². The van der Waals surface area contributed by atoms with Crippen LogP contribution in [0.3, 0.4) is 0 Å². The van der Waals surface area contributed by atoms with Crippen LogP contribution in [0.25, 0.3) is 0 Å². The van der Waals surface area contributed by atoms with Gasteiger partial charge in [0.05, 0.1) is 17.1 Å². The van der Waals surface area contributed by atoms with E-state index < -0.39 is 5.41 Å². The van der Waals surface area contributed by atoms with Gasteiger partial charge in [0.15, 0.2) is 5.78 Å². The topological polar surface area (TPSA) is 81.7 Å². The molecule has 0 spiro atoms. The third-order valence-corrected chi connectivity index (χ3v) is 11.0. The Hall–Kier alpha value is -1.94. The molecule has 4 heteroatoms. The van der Waals surface area contributed by atoms with Crippen molar-refractivity contribution < 1.29 is 9.59 Å². The highest BCUT2D eigenvalue weighted by atomic mass is 16.1. The molecule has 2 aliphatic carbocycles. The van der Waals surface area contributed by atoms with E-state index in [1.165, 1.54) is 6.42 Å². The quantitative estimate of drug-likeness (QED) is 0.280. The van der Waals surface area contributed by atoms with Gasteiger partial charge in [0, 0.05) is 12.3 Å². The summed E-state index contributed by atoms with van der Waals surface area (Å²) >= 11 is 0. The first-order valence-electron chi connectivity index (χ1n) is 14.5. The van der Waals surface area contributed by atoms with Crippen LogP contribution in [-0.4, -0.2) is 11.6 Å². The number of hydrogen-bond donors (Lipinski definition) is 0. The van der Waals surface area contributed by atoms with Crippen molar-refractivity contribution in [2.24, 2.45) is 44.8 Å². The molecule has 0 amide bonds. The van der Waals surface area contributed by atoms with Gasteiger partial charge in [-0.2, -0.15) is 10.5 Å². The molecule has 0 aromatic rings. The minimum atomic E-state index is -0.392. The molecule has 0 heterocycles. The highest BCUT2D eigenvalue weighted by molar-refractivity contribution is 6.01. The maximum atomic E-state index is 12.9. The van der Waals surface area contributed by atoms with Crippen LogP contribution in [0.1, 0.15) is 127 Å². The van der Waals surface area contributed by atoms with Gasteiger partial charge in [0.2, 0.25) is 0 Å². The molecular formula is C33H52N2O2. The summed E-state index contributed by atoms with van der Waals surface area (Å²) in [6.07, 6.45) is 10.2. The van der Waals surface area contributed by atoms with Crippen LogP contribution in [0.2, 0.25) is 0 Å². The number of fused-ring (bicyclic) bond motifs is 1. The van der Waals surface area contributed by atoms with Crippen LogP contribution in [0, 0.1) is 67.5 Å².